The fourth-order valence-corrected chi connectivity index (χ4v) is 2.86. The second-order valence-corrected chi connectivity index (χ2v) is 6.20. The number of ether oxygens (including phenoxy) is 1. The maximum absolute atomic E-state index is 6.43. The molecule has 0 aliphatic carbocycles. The summed E-state index contributed by atoms with van der Waals surface area (Å²) in [5.41, 5.74) is 7.60. The maximum atomic E-state index is 6.43. The molecule has 1 aromatic rings. The highest BCUT2D eigenvalue weighted by Gasteiger charge is 2.19. The topological polar surface area (TPSA) is 38.5 Å². The molecule has 1 atom stereocenters. The molecule has 1 rings (SSSR count). The van der Waals surface area contributed by atoms with Crippen LogP contribution in [0.3, 0.4) is 0 Å². The Morgan fingerprint density at radius 2 is 1.62 bits per heavy atom. The highest BCUT2D eigenvalue weighted by molar-refractivity contribution is 5.29. The molecule has 0 heterocycles. The van der Waals surface area contributed by atoms with Gasteiger partial charge in [-0.3, -0.25) is 4.90 Å². The van der Waals surface area contributed by atoms with Crippen LogP contribution in [0.25, 0.3) is 0 Å². The van der Waals surface area contributed by atoms with Crippen LogP contribution in [0.1, 0.15) is 52.1 Å². The second-order valence-electron chi connectivity index (χ2n) is 6.20. The van der Waals surface area contributed by atoms with E-state index in [9.17, 15) is 0 Å². The molecule has 0 aliphatic heterocycles. The van der Waals surface area contributed by atoms with Crippen molar-refractivity contribution in [3.8, 4) is 5.75 Å². The third-order valence-electron chi connectivity index (χ3n) is 4.03. The average Bonchev–Trinajstić information content (AvgIpc) is 2.47. The molecule has 3 nitrogen and oxygen atoms in total. The molecular weight excluding hydrogens is 260 g/mol. The van der Waals surface area contributed by atoms with Crippen molar-refractivity contribution in [3.63, 3.8) is 0 Å². The van der Waals surface area contributed by atoms with Gasteiger partial charge in [0.25, 0.3) is 0 Å². The maximum Gasteiger partial charge on any atom is 0.118 e. The lowest BCUT2D eigenvalue weighted by atomic mass is 10.0. The molecule has 21 heavy (non-hydrogen) atoms. The van der Waals surface area contributed by atoms with E-state index in [2.05, 4.69) is 44.7 Å². The van der Waals surface area contributed by atoms with Crippen LogP contribution < -0.4 is 10.5 Å². The second kappa shape index (κ2) is 9.06. The van der Waals surface area contributed by atoms with Crippen molar-refractivity contribution < 1.29 is 4.74 Å². The Morgan fingerprint density at radius 1 is 1.05 bits per heavy atom. The number of hydrogen-bond acceptors (Lipinski definition) is 3. The molecule has 0 saturated heterocycles. The molecule has 0 radical (unpaired) electrons. The van der Waals surface area contributed by atoms with E-state index in [0.717, 1.165) is 18.8 Å². The number of benzene rings is 1. The van der Waals surface area contributed by atoms with Crippen LogP contribution >= 0.6 is 0 Å². The molecular formula is C18H32N2O. The van der Waals surface area contributed by atoms with Crippen molar-refractivity contribution in [1.82, 2.24) is 4.90 Å². The molecule has 0 aromatic heterocycles. The summed E-state index contributed by atoms with van der Waals surface area (Å²) in [5, 5.41) is 0. The molecule has 0 aliphatic rings. The summed E-state index contributed by atoms with van der Waals surface area (Å²) in [4.78, 5) is 2.56. The number of hydrogen-bond donors (Lipinski definition) is 1. The van der Waals surface area contributed by atoms with Crippen LogP contribution in [-0.4, -0.2) is 31.1 Å². The summed E-state index contributed by atoms with van der Waals surface area (Å²) in [6.07, 6.45) is 2.36. The lowest BCUT2D eigenvalue weighted by Crippen LogP contribution is -2.41. The SMILES string of the molecule is CCC(CC)N(CC(C)C)CC(N)c1ccc(OC)cc1. The lowest BCUT2D eigenvalue weighted by molar-refractivity contribution is 0.156. The monoisotopic (exact) mass is 292 g/mol. The van der Waals surface area contributed by atoms with E-state index < -0.39 is 0 Å². The minimum atomic E-state index is 0.0512. The van der Waals surface area contributed by atoms with E-state index in [4.69, 9.17) is 10.5 Å². The number of nitrogens with two attached hydrogens (primary N) is 1. The van der Waals surface area contributed by atoms with Crippen molar-refractivity contribution in [3.05, 3.63) is 29.8 Å². The molecule has 1 aromatic carbocycles. The van der Waals surface area contributed by atoms with Gasteiger partial charge in [-0.05, 0) is 36.5 Å². The van der Waals surface area contributed by atoms with Gasteiger partial charge in [0, 0.05) is 25.2 Å². The van der Waals surface area contributed by atoms with Gasteiger partial charge in [-0.15, -0.1) is 0 Å². The molecule has 0 bridgehead atoms. The minimum Gasteiger partial charge on any atom is -0.497 e. The fourth-order valence-electron chi connectivity index (χ4n) is 2.86. The van der Waals surface area contributed by atoms with Crippen molar-refractivity contribution in [2.24, 2.45) is 11.7 Å². The van der Waals surface area contributed by atoms with Crippen LogP contribution in [-0.2, 0) is 0 Å². The largest absolute Gasteiger partial charge is 0.497 e. The molecule has 2 N–H and O–H groups in total. The summed E-state index contributed by atoms with van der Waals surface area (Å²) >= 11 is 0. The van der Waals surface area contributed by atoms with Gasteiger partial charge in [0.05, 0.1) is 7.11 Å². The van der Waals surface area contributed by atoms with Crippen molar-refractivity contribution >= 4 is 0 Å². The van der Waals surface area contributed by atoms with E-state index in [1.807, 2.05) is 12.1 Å². The Kier molecular flexibility index (Phi) is 7.76. The Labute approximate surface area is 130 Å². The normalized spacial score (nSPS) is 13.2. The zero-order valence-corrected chi connectivity index (χ0v) is 14.3. The van der Waals surface area contributed by atoms with Crippen LogP contribution in [0.2, 0.25) is 0 Å². The van der Waals surface area contributed by atoms with Gasteiger partial charge < -0.3 is 10.5 Å². The smallest absolute Gasteiger partial charge is 0.118 e. The summed E-state index contributed by atoms with van der Waals surface area (Å²) < 4.78 is 5.20. The van der Waals surface area contributed by atoms with E-state index in [1.165, 1.54) is 18.4 Å². The molecule has 120 valence electrons. The van der Waals surface area contributed by atoms with E-state index in [-0.39, 0.29) is 6.04 Å². The Hall–Kier alpha value is -1.06. The summed E-state index contributed by atoms with van der Waals surface area (Å²) in [7, 11) is 1.69. The van der Waals surface area contributed by atoms with E-state index in [0.29, 0.717) is 12.0 Å². The minimum absolute atomic E-state index is 0.0512. The van der Waals surface area contributed by atoms with E-state index >= 15 is 0 Å². The lowest BCUT2D eigenvalue weighted by Gasteiger charge is -2.34. The van der Waals surface area contributed by atoms with Gasteiger partial charge in [0.1, 0.15) is 5.75 Å². The first-order valence-corrected chi connectivity index (χ1v) is 8.15. The van der Waals surface area contributed by atoms with Crippen LogP contribution in [0.15, 0.2) is 24.3 Å². The van der Waals surface area contributed by atoms with Gasteiger partial charge in [0.15, 0.2) is 0 Å². The third-order valence-corrected chi connectivity index (χ3v) is 4.03. The zero-order valence-electron chi connectivity index (χ0n) is 14.3. The molecule has 0 saturated carbocycles. The predicted molar refractivity (Wildman–Crippen MR) is 90.7 cm³/mol. The molecule has 0 fully saturated rings. The first-order valence-electron chi connectivity index (χ1n) is 8.15. The third kappa shape index (κ3) is 5.68. The van der Waals surface area contributed by atoms with Crippen molar-refractivity contribution in [2.45, 2.75) is 52.6 Å². The zero-order chi connectivity index (χ0) is 15.8. The standard InChI is InChI=1S/C18H32N2O/c1-6-16(7-2)20(12-14(3)4)13-18(19)15-8-10-17(21-5)11-9-15/h8-11,14,16,18H,6-7,12-13,19H2,1-5H3. The van der Waals surface area contributed by atoms with Crippen LogP contribution in [0.5, 0.6) is 5.75 Å². The van der Waals surface area contributed by atoms with Crippen molar-refractivity contribution in [2.75, 3.05) is 20.2 Å². The molecule has 0 spiro atoms. The van der Waals surface area contributed by atoms with Crippen molar-refractivity contribution in [1.29, 1.82) is 0 Å². The number of nitrogens with zero attached hydrogens (tertiary/aromatic N) is 1. The average molecular weight is 292 g/mol. The van der Waals surface area contributed by atoms with Gasteiger partial charge in [-0.2, -0.15) is 0 Å². The predicted octanol–water partition coefficient (Wildman–Crippen LogP) is 3.84. The first kappa shape index (κ1) is 18.0. The Bertz CT molecular complexity index is 385. The van der Waals surface area contributed by atoms with Crippen LogP contribution in [0, 0.1) is 5.92 Å². The van der Waals surface area contributed by atoms with Crippen LogP contribution in [0.4, 0.5) is 0 Å². The highest BCUT2D eigenvalue weighted by atomic mass is 16.5. The number of rotatable bonds is 9. The van der Waals surface area contributed by atoms with Gasteiger partial charge >= 0.3 is 0 Å². The van der Waals surface area contributed by atoms with Gasteiger partial charge in [0.2, 0.25) is 0 Å². The Morgan fingerprint density at radius 3 is 2.05 bits per heavy atom. The Balaban J connectivity index is 2.75. The van der Waals surface area contributed by atoms with Gasteiger partial charge in [-0.25, -0.2) is 0 Å². The first-order chi connectivity index (χ1) is 10.0. The fraction of sp³-hybridized carbons (Fsp3) is 0.667. The summed E-state index contributed by atoms with van der Waals surface area (Å²) in [6, 6.07) is 8.79. The summed E-state index contributed by atoms with van der Waals surface area (Å²) in [5.74, 6) is 1.54. The summed E-state index contributed by atoms with van der Waals surface area (Å²) in [6.45, 7) is 11.1. The number of methoxy groups -OCH3 is 1. The van der Waals surface area contributed by atoms with E-state index in [1.54, 1.807) is 7.11 Å². The van der Waals surface area contributed by atoms with Gasteiger partial charge in [-0.1, -0.05) is 39.8 Å². The molecule has 0 amide bonds. The molecule has 3 heteroatoms. The quantitative estimate of drug-likeness (QED) is 0.751. The molecule has 1 unspecified atom stereocenters. The highest BCUT2D eigenvalue weighted by Crippen LogP contribution is 2.20.